The highest BCUT2D eigenvalue weighted by Crippen LogP contribution is 2.29. The van der Waals surface area contributed by atoms with Crippen molar-refractivity contribution in [1.29, 1.82) is 0 Å². The summed E-state index contributed by atoms with van der Waals surface area (Å²) in [5.41, 5.74) is 2.00. The van der Waals surface area contributed by atoms with Gasteiger partial charge in [0.05, 0.1) is 22.2 Å². The molecule has 4 rings (SSSR count). The first-order valence-corrected chi connectivity index (χ1v) is 15.1. The Kier molecular flexibility index (Phi) is 11.0. The predicted molar refractivity (Wildman–Crippen MR) is 160 cm³/mol. The topological polar surface area (TPSA) is 85.2 Å². The quantitative estimate of drug-likeness (QED) is 0.136. The number of halogens is 3. The highest BCUT2D eigenvalue weighted by molar-refractivity contribution is 7.99. The lowest BCUT2D eigenvalue weighted by atomic mass is 10.1. The summed E-state index contributed by atoms with van der Waals surface area (Å²) >= 11 is 13.4. The van der Waals surface area contributed by atoms with Gasteiger partial charge in [0.2, 0.25) is 10.0 Å². The molecule has 0 saturated heterocycles. The van der Waals surface area contributed by atoms with Crippen LogP contribution in [0.2, 0.25) is 10.0 Å². The van der Waals surface area contributed by atoms with E-state index >= 15 is 0 Å². The molecule has 39 heavy (non-hydrogen) atoms. The first kappa shape index (κ1) is 31.1. The third kappa shape index (κ3) is 7.22. The van der Waals surface area contributed by atoms with Crippen LogP contribution in [0.15, 0.2) is 82.8 Å². The van der Waals surface area contributed by atoms with Crippen LogP contribution in [0.5, 0.6) is 0 Å². The Morgan fingerprint density at radius 2 is 1.67 bits per heavy atom. The van der Waals surface area contributed by atoms with Crippen molar-refractivity contribution in [2.75, 3.05) is 18.8 Å². The molecular formula is C27H27Cl3N4O3S2. The van der Waals surface area contributed by atoms with Gasteiger partial charge in [-0.05, 0) is 35.9 Å². The lowest BCUT2D eigenvalue weighted by Gasteiger charge is -2.19. The van der Waals surface area contributed by atoms with Gasteiger partial charge in [-0.25, -0.2) is 8.42 Å². The Balaban J connectivity index is 0.00000420. The van der Waals surface area contributed by atoms with Crippen LogP contribution in [0.1, 0.15) is 29.8 Å². The lowest BCUT2D eigenvalue weighted by molar-refractivity contribution is 0.102. The maximum atomic E-state index is 13.1. The predicted octanol–water partition coefficient (Wildman–Crippen LogP) is 6.73. The van der Waals surface area contributed by atoms with Gasteiger partial charge in [-0.15, -0.1) is 22.6 Å². The molecule has 0 bridgehead atoms. The molecule has 0 amide bonds. The molecule has 0 aliphatic carbocycles. The molecule has 1 aromatic heterocycles. The molecule has 3 aromatic carbocycles. The van der Waals surface area contributed by atoms with E-state index in [-0.39, 0.29) is 28.8 Å². The average Bonchev–Trinajstić information content (AvgIpc) is 3.30. The first-order chi connectivity index (χ1) is 18.2. The van der Waals surface area contributed by atoms with Gasteiger partial charge in [-0.1, -0.05) is 91.3 Å². The third-order valence-electron chi connectivity index (χ3n) is 5.90. The van der Waals surface area contributed by atoms with E-state index < -0.39 is 10.0 Å². The van der Waals surface area contributed by atoms with E-state index in [4.69, 9.17) is 23.2 Å². The molecule has 1 heterocycles. The number of Topliss-reactive ketones (excluding diaryl/α,β-unsaturated/α-hetero) is 1. The van der Waals surface area contributed by atoms with E-state index in [0.717, 1.165) is 5.56 Å². The summed E-state index contributed by atoms with van der Waals surface area (Å²) in [6.07, 6.45) is 0. The zero-order chi connectivity index (χ0) is 27.3. The number of hydrogen-bond acceptors (Lipinski definition) is 6. The number of carbonyl (C=O) groups excluding carboxylic acids is 1. The smallest absolute Gasteiger partial charge is 0.243 e. The Morgan fingerprint density at radius 1 is 0.949 bits per heavy atom. The minimum atomic E-state index is -3.65. The van der Waals surface area contributed by atoms with Gasteiger partial charge in [-0.3, -0.25) is 9.36 Å². The number of thioether (sulfide) groups is 1. The number of nitrogens with zero attached hydrogens (tertiary/aromatic N) is 4. The van der Waals surface area contributed by atoms with Crippen molar-refractivity contribution in [3.63, 3.8) is 0 Å². The second-order valence-electron chi connectivity index (χ2n) is 8.33. The van der Waals surface area contributed by atoms with Crippen LogP contribution >= 0.6 is 47.4 Å². The Hall–Kier alpha value is -2.40. The second kappa shape index (κ2) is 13.8. The van der Waals surface area contributed by atoms with Crippen molar-refractivity contribution < 1.29 is 13.2 Å². The van der Waals surface area contributed by atoms with Crippen LogP contribution in [-0.4, -0.2) is 52.1 Å². The maximum Gasteiger partial charge on any atom is 0.243 e. The van der Waals surface area contributed by atoms with Crippen molar-refractivity contribution in [2.45, 2.75) is 30.4 Å². The number of ketones is 1. The third-order valence-corrected chi connectivity index (χ3v) is 9.46. The van der Waals surface area contributed by atoms with Crippen LogP contribution in [0.25, 0.3) is 11.4 Å². The van der Waals surface area contributed by atoms with Crippen molar-refractivity contribution in [1.82, 2.24) is 19.1 Å². The number of carbonyl (C=O) groups is 1. The maximum absolute atomic E-state index is 13.1. The van der Waals surface area contributed by atoms with Crippen LogP contribution in [-0.2, 0) is 16.6 Å². The molecule has 0 N–H and O–H groups in total. The van der Waals surface area contributed by atoms with Crippen molar-refractivity contribution in [3.8, 4) is 11.4 Å². The summed E-state index contributed by atoms with van der Waals surface area (Å²) in [7, 11) is -3.65. The minimum Gasteiger partial charge on any atom is -0.298 e. The number of aromatic nitrogens is 3. The fraction of sp³-hybridized carbons (Fsp3) is 0.222. The number of hydrogen-bond donors (Lipinski definition) is 0. The van der Waals surface area contributed by atoms with Gasteiger partial charge < -0.3 is 0 Å². The van der Waals surface area contributed by atoms with Crippen molar-refractivity contribution in [2.24, 2.45) is 0 Å². The van der Waals surface area contributed by atoms with Gasteiger partial charge in [0.25, 0.3) is 0 Å². The lowest BCUT2D eigenvalue weighted by Crippen LogP contribution is -2.30. The molecule has 0 aliphatic rings. The highest BCUT2D eigenvalue weighted by atomic mass is 35.5. The van der Waals surface area contributed by atoms with Gasteiger partial charge in [0.15, 0.2) is 16.8 Å². The monoisotopic (exact) mass is 624 g/mol. The van der Waals surface area contributed by atoms with Crippen LogP contribution < -0.4 is 0 Å². The van der Waals surface area contributed by atoms with Crippen LogP contribution in [0.4, 0.5) is 0 Å². The normalized spacial score (nSPS) is 11.4. The molecule has 206 valence electrons. The van der Waals surface area contributed by atoms with Crippen molar-refractivity contribution >= 4 is 63.2 Å². The zero-order valence-electron chi connectivity index (χ0n) is 21.3. The molecule has 0 saturated carbocycles. The van der Waals surface area contributed by atoms with Gasteiger partial charge in [0, 0.05) is 29.2 Å². The summed E-state index contributed by atoms with van der Waals surface area (Å²) in [6.45, 7) is 4.81. The summed E-state index contributed by atoms with van der Waals surface area (Å²) in [6, 6.07) is 21.3. The van der Waals surface area contributed by atoms with Crippen LogP contribution in [0.3, 0.4) is 0 Å². The fourth-order valence-electron chi connectivity index (χ4n) is 3.95. The Bertz CT molecular complexity index is 1540. The van der Waals surface area contributed by atoms with E-state index in [2.05, 4.69) is 10.2 Å². The molecule has 0 atom stereocenters. The molecular weight excluding hydrogens is 599 g/mol. The number of benzene rings is 3. The summed E-state index contributed by atoms with van der Waals surface area (Å²) in [5.74, 6) is 0.426. The summed E-state index contributed by atoms with van der Waals surface area (Å²) < 4.78 is 29.6. The average molecular weight is 626 g/mol. The number of rotatable bonds is 11. The van der Waals surface area contributed by atoms with Gasteiger partial charge in [-0.2, -0.15) is 4.31 Å². The van der Waals surface area contributed by atoms with Crippen molar-refractivity contribution in [3.05, 3.63) is 94.0 Å². The standard InChI is InChI=1S/C27H26Cl2N4O3S2.ClH/c1-3-32(4-2)38(35,36)22-12-8-11-20(15-22)26-30-31-27(33(26)17-19-9-6-5-7-10-19)37-18-25(34)23-14-13-21(28)16-24(23)29;/h5-16H,3-4,17-18H2,1-2H3;1H. The Labute approximate surface area is 249 Å². The fourth-order valence-corrected chi connectivity index (χ4v) is 6.79. The van der Waals surface area contributed by atoms with E-state index in [1.54, 1.807) is 36.4 Å². The molecule has 0 fully saturated rings. The second-order valence-corrected chi connectivity index (χ2v) is 12.1. The SMILES string of the molecule is CCN(CC)S(=O)(=O)c1cccc(-c2nnc(SCC(=O)c3ccc(Cl)cc3Cl)n2Cc2ccccc2)c1.Cl. The molecule has 0 radical (unpaired) electrons. The highest BCUT2D eigenvalue weighted by Gasteiger charge is 2.24. The van der Waals surface area contributed by atoms with Crippen LogP contribution in [0, 0.1) is 0 Å². The van der Waals surface area contributed by atoms with Gasteiger partial charge >= 0.3 is 0 Å². The van der Waals surface area contributed by atoms with E-state index in [1.807, 2.05) is 48.7 Å². The van der Waals surface area contributed by atoms with Gasteiger partial charge in [0.1, 0.15) is 0 Å². The van der Waals surface area contributed by atoms with E-state index in [9.17, 15) is 13.2 Å². The summed E-state index contributed by atoms with van der Waals surface area (Å²) in [4.78, 5) is 13.1. The van der Waals surface area contributed by atoms with E-state index in [1.165, 1.54) is 22.1 Å². The first-order valence-electron chi connectivity index (χ1n) is 11.9. The molecule has 7 nitrogen and oxygen atoms in total. The minimum absolute atomic E-state index is 0. The molecule has 0 spiro atoms. The molecule has 12 heteroatoms. The Morgan fingerprint density at radius 3 is 2.33 bits per heavy atom. The molecule has 0 aliphatic heterocycles. The number of sulfonamides is 1. The molecule has 4 aromatic rings. The molecule has 0 unspecified atom stereocenters. The summed E-state index contributed by atoms with van der Waals surface area (Å²) in [5, 5.41) is 10.0. The largest absolute Gasteiger partial charge is 0.298 e. The zero-order valence-corrected chi connectivity index (χ0v) is 25.2. The van der Waals surface area contributed by atoms with E-state index in [0.29, 0.717) is 51.8 Å².